The molecule has 110 valence electrons. The van der Waals surface area contributed by atoms with E-state index in [0.717, 1.165) is 12.0 Å². The molecular formula is C15H14F2N2O2. The van der Waals surface area contributed by atoms with E-state index in [4.69, 9.17) is 0 Å². The molecule has 0 unspecified atom stereocenters. The van der Waals surface area contributed by atoms with Crippen molar-refractivity contribution in [2.45, 2.75) is 19.9 Å². The molecule has 2 aromatic carbocycles. The molecule has 6 heteroatoms. The minimum absolute atomic E-state index is 0.232. The van der Waals surface area contributed by atoms with Crippen molar-refractivity contribution in [3.8, 4) is 0 Å². The standard InChI is InChI=1S/C15H14F2N2O2/c1-2-10-3-5-11(6-4-10)9-18-15-13(16)7-12(19(20)21)8-14(15)17/h3-8,18H,2,9H2,1H3. The van der Waals surface area contributed by atoms with E-state index in [9.17, 15) is 18.9 Å². The highest BCUT2D eigenvalue weighted by Crippen LogP contribution is 2.25. The summed E-state index contributed by atoms with van der Waals surface area (Å²) in [6.07, 6.45) is 0.916. The van der Waals surface area contributed by atoms with Crippen LogP contribution in [-0.2, 0) is 13.0 Å². The summed E-state index contributed by atoms with van der Waals surface area (Å²) < 4.78 is 27.4. The van der Waals surface area contributed by atoms with Crippen molar-refractivity contribution in [1.29, 1.82) is 0 Å². The highest BCUT2D eigenvalue weighted by molar-refractivity contribution is 5.52. The molecule has 0 atom stereocenters. The Bertz CT molecular complexity index is 634. The third kappa shape index (κ3) is 3.53. The van der Waals surface area contributed by atoms with Gasteiger partial charge in [-0.05, 0) is 17.5 Å². The molecule has 4 nitrogen and oxygen atoms in total. The summed E-state index contributed by atoms with van der Waals surface area (Å²) in [5, 5.41) is 13.1. The minimum Gasteiger partial charge on any atom is -0.376 e. The first-order valence-corrected chi connectivity index (χ1v) is 6.46. The van der Waals surface area contributed by atoms with E-state index in [-0.39, 0.29) is 12.2 Å². The van der Waals surface area contributed by atoms with Gasteiger partial charge in [-0.2, -0.15) is 0 Å². The Morgan fingerprint density at radius 1 is 1.10 bits per heavy atom. The van der Waals surface area contributed by atoms with Gasteiger partial charge in [0.15, 0.2) is 11.6 Å². The van der Waals surface area contributed by atoms with Gasteiger partial charge in [0.2, 0.25) is 0 Å². The van der Waals surface area contributed by atoms with Crippen LogP contribution in [0.3, 0.4) is 0 Å². The maximum Gasteiger partial charge on any atom is 0.275 e. The summed E-state index contributed by atoms with van der Waals surface area (Å²) in [6, 6.07) is 9.02. The topological polar surface area (TPSA) is 55.2 Å². The Hall–Kier alpha value is -2.50. The molecule has 2 aromatic rings. The van der Waals surface area contributed by atoms with Crippen molar-refractivity contribution >= 4 is 11.4 Å². The van der Waals surface area contributed by atoms with E-state index in [2.05, 4.69) is 5.32 Å². The lowest BCUT2D eigenvalue weighted by Crippen LogP contribution is -2.05. The fourth-order valence-electron chi connectivity index (χ4n) is 1.92. The summed E-state index contributed by atoms with van der Waals surface area (Å²) in [4.78, 5) is 9.67. The smallest absolute Gasteiger partial charge is 0.275 e. The van der Waals surface area contributed by atoms with Gasteiger partial charge in [-0.15, -0.1) is 0 Å². The first-order valence-electron chi connectivity index (χ1n) is 6.46. The maximum atomic E-state index is 13.7. The van der Waals surface area contributed by atoms with Crippen LogP contribution in [0.2, 0.25) is 0 Å². The predicted molar refractivity (Wildman–Crippen MR) is 76.2 cm³/mol. The fraction of sp³-hybridized carbons (Fsp3) is 0.200. The van der Waals surface area contributed by atoms with Crippen LogP contribution >= 0.6 is 0 Å². The summed E-state index contributed by atoms with van der Waals surface area (Å²) >= 11 is 0. The first-order chi connectivity index (χ1) is 10.0. The summed E-state index contributed by atoms with van der Waals surface area (Å²) in [5.74, 6) is -1.96. The summed E-state index contributed by atoms with van der Waals surface area (Å²) in [6.45, 7) is 2.27. The van der Waals surface area contributed by atoms with E-state index in [1.165, 1.54) is 5.56 Å². The van der Waals surface area contributed by atoms with Crippen molar-refractivity contribution in [2.75, 3.05) is 5.32 Å². The molecule has 0 fully saturated rings. The average molecular weight is 292 g/mol. The van der Waals surface area contributed by atoms with Crippen LogP contribution in [0.4, 0.5) is 20.2 Å². The van der Waals surface area contributed by atoms with Crippen LogP contribution in [-0.4, -0.2) is 4.92 Å². The lowest BCUT2D eigenvalue weighted by Gasteiger charge is -2.09. The van der Waals surface area contributed by atoms with Crippen molar-refractivity contribution in [3.63, 3.8) is 0 Å². The maximum absolute atomic E-state index is 13.7. The van der Waals surface area contributed by atoms with Gasteiger partial charge in [-0.3, -0.25) is 10.1 Å². The normalized spacial score (nSPS) is 10.4. The number of nitro benzene ring substituents is 1. The molecule has 0 heterocycles. The molecule has 0 aliphatic heterocycles. The third-order valence-electron chi connectivity index (χ3n) is 3.14. The minimum atomic E-state index is -0.980. The highest BCUT2D eigenvalue weighted by atomic mass is 19.1. The van der Waals surface area contributed by atoms with Gasteiger partial charge < -0.3 is 5.32 Å². The molecule has 0 spiro atoms. The number of nitrogens with zero attached hydrogens (tertiary/aromatic N) is 1. The van der Waals surface area contributed by atoms with Gasteiger partial charge in [0.1, 0.15) is 5.69 Å². The second-order valence-corrected chi connectivity index (χ2v) is 4.57. The SMILES string of the molecule is CCc1ccc(CNc2c(F)cc([N+](=O)[O-])cc2F)cc1. The van der Waals surface area contributed by atoms with E-state index in [0.29, 0.717) is 12.1 Å². The number of non-ortho nitro benzene ring substituents is 1. The van der Waals surface area contributed by atoms with Crippen molar-refractivity contribution in [1.82, 2.24) is 0 Å². The van der Waals surface area contributed by atoms with Crippen molar-refractivity contribution < 1.29 is 13.7 Å². The Labute approximate surface area is 120 Å². The number of hydrogen-bond acceptors (Lipinski definition) is 3. The molecule has 0 saturated carbocycles. The molecule has 1 N–H and O–H groups in total. The highest BCUT2D eigenvalue weighted by Gasteiger charge is 2.16. The number of rotatable bonds is 5. The molecule has 21 heavy (non-hydrogen) atoms. The Morgan fingerprint density at radius 2 is 1.62 bits per heavy atom. The Morgan fingerprint density at radius 3 is 2.10 bits per heavy atom. The lowest BCUT2D eigenvalue weighted by molar-refractivity contribution is -0.385. The molecule has 0 bridgehead atoms. The number of anilines is 1. The van der Waals surface area contributed by atoms with Gasteiger partial charge in [0.05, 0.1) is 17.1 Å². The molecule has 0 aliphatic rings. The van der Waals surface area contributed by atoms with Gasteiger partial charge in [-0.1, -0.05) is 31.2 Å². The quantitative estimate of drug-likeness (QED) is 0.668. The van der Waals surface area contributed by atoms with E-state index < -0.39 is 22.2 Å². The van der Waals surface area contributed by atoms with Crippen molar-refractivity contribution in [3.05, 3.63) is 69.3 Å². The molecule has 0 amide bonds. The average Bonchev–Trinajstić information content (AvgIpc) is 2.46. The number of aryl methyl sites for hydroxylation is 1. The number of nitrogens with one attached hydrogen (secondary N) is 1. The van der Waals surface area contributed by atoms with Crippen LogP contribution < -0.4 is 5.32 Å². The molecule has 0 aromatic heterocycles. The fourth-order valence-corrected chi connectivity index (χ4v) is 1.92. The molecule has 0 saturated heterocycles. The zero-order valence-corrected chi connectivity index (χ0v) is 11.4. The summed E-state index contributed by atoms with van der Waals surface area (Å²) in [7, 11) is 0. The van der Waals surface area contributed by atoms with Crippen molar-refractivity contribution in [2.24, 2.45) is 0 Å². The number of nitro groups is 1. The van der Waals surface area contributed by atoms with E-state index in [1.54, 1.807) is 0 Å². The monoisotopic (exact) mass is 292 g/mol. The second-order valence-electron chi connectivity index (χ2n) is 4.57. The molecule has 2 rings (SSSR count). The Kier molecular flexibility index (Phi) is 4.47. The third-order valence-corrected chi connectivity index (χ3v) is 3.14. The zero-order chi connectivity index (χ0) is 15.4. The summed E-state index contributed by atoms with van der Waals surface area (Å²) in [5.41, 5.74) is 1.07. The number of hydrogen-bond donors (Lipinski definition) is 1. The van der Waals surface area contributed by atoms with Gasteiger partial charge in [0, 0.05) is 6.54 Å². The van der Waals surface area contributed by atoms with Gasteiger partial charge in [-0.25, -0.2) is 8.78 Å². The number of halogens is 2. The molecule has 0 aliphatic carbocycles. The van der Waals surface area contributed by atoms with Crippen LogP contribution in [0.25, 0.3) is 0 Å². The number of benzene rings is 2. The van der Waals surface area contributed by atoms with Crippen LogP contribution in [0.5, 0.6) is 0 Å². The van der Waals surface area contributed by atoms with E-state index >= 15 is 0 Å². The zero-order valence-electron chi connectivity index (χ0n) is 11.4. The largest absolute Gasteiger partial charge is 0.376 e. The first kappa shape index (κ1) is 14.9. The lowest BCUT2D eigenvalue weighted by atomic mass is 10.1. The predicted octanol–water partition coefficient (Wildman–Crippen LogP) is 4.05. The molecular weight excluding hydrogens is 278 g/mol. The van der Waals surface area contributed by atoms with Gasteiger partial charge in [0.25, 0.3) is 5.69 Å². The van der Waals surface area contributed by atoms with E-state index in [1.807, 2.05) is 31.2 Å². The molecule has 0 radical (unpaired) electrons. The Balaban J connectivity index is 2.14. The second kappa shape index (κ2) is 6.30. The van der Waals surface area contributed by atoms with Gasteiger partial charge >= 0.3 is 0 Å². The van der Waals surface area contributed by atoms with Crippen LogP contribution in [0.1, 0.15) is 18.1 Å². The van der Waals surface area contributed by atoms with Crippen LogP contribution in [0.15, 0.2) is 36.4 Å². The van der Waals surface area contributed by atoms with Crippen LogP contribution in [0, 0.1) is 21.7 Å².